The van der Waals surface area contributed by atoms with Gasteiger partial charge in [0, 0.05) is 19.8 Å². The second-order valence-electron chi connectivity index (χ2n) is 5.71. The van der Waals surface area contributed by atoms with Gasteiger partial charge in [0.05, 0.1) is 6.61 Å². The molecular formula is C18H19F5O3Si. The molecule has 0 aliphatic rings. The Kier molecular flexibility index (Phi) is 6.74. The van der Waals surface area contributed by atoms with E-state index in [-0.39, 0.29) is 0 Å². The molecule has 0 aliphatic carbocycles. The molecule has 27 heavy (non-hydrogen) atoms. The van der Waals surface area contributed by atoms with E-state index in [0.29, 0.717) is 5.56 Å². The highest BCUT2D eigenvalue weighted by Crippen LogP contribution is 2.45. The Bertz CT molecular complexity index is 711. The van der Waals surface area contributed by atoms with E-state index in [1.165, 1.54) is 18.2 Å². The summed E-state index contributed by atoms with van der Waals surface area (Å²) in [5.74, 6) is -4.48. The molecular weight excluding hydrogens is 387 g/mol. The summed E-state index contributed by atoms with van der Waals surface area (Å²) in [5, 5.41) is 0. The van der Waals surface area contributed by atoms with Gasteiger partial charge in [-0.15, -0.1) is 0 Å². The minimum atomic E-state index is -5.15. The second-order valence-corrected chi connectivity index (χ2v) is 8.60. The summed E-state index contributed by atoms with van der Waals surface area (Å²) < 4.78 is 87.6. The summed E-state index contributed by atoms with van der Waals surface area (Å²) in [6.07, 6.45) is -3.91. The molecule has 0 aromatic heterocycles. The highest BCUT2D eigenvalue weighted by Gasteiger charge is 2.74. The van der Waals surface area contributed by atoms with Crippen LogP contribution in [-0.2, 0) is 25.8 Å². The second kappa shape index (κ2) is 8.47. The summed E-state index contributed by atoms with van der Waals surface area (Å²) in [6.45, 7) is -0.409. The fourth-order valence-corrected chi connectivity index (χ4v) is 4.50. The van der Waals surface area contributed by atoms with Crippen LogP contribution in [0.2, 0.25) is 0 Å². The van der Waals surface area contributed by atoms with Gasteiger partial charge in [-0.3, -0.25) is 0 Å². The predicted octanol–water partition coefficient (Wildman–Crippen LogP) is 4.74. The van der Waals surface area contributed by atoms with Gasteiger partial charge in [0.25, 0.3) is 0 Å². The van der Waals surface area contributed by atoms with Crippen molar-refractivity contribution in [3.05, 3.63) is 71.8 Å². The first kappa shape index (κ1) is 21.5. The van der Waals surface area contributed by atoms with Gasteiger partial charge < -0.3 is 13.3 Å². The Morgan fingerprint density at radius 1 is 0.852 bits per heavy atom. The molecule has 0 radical (unpaired) electrons. The van der Waals surface area contributed by atoms with E-state index in [2.05, 4.69) is 0 Å². The summed E-state index contributed by atoms with van der Waals surface area (Å²) >= 11 is 0. The van der Waals surface area contributed by atoms with Crippen molar-refractivity contribution in [1.82, 2.24) is 0 Å². The molecule has 9 heteroatoms. The maximum absolute atomic E-state index is 14.9. The van der Waals surface area contributed by atoms with Crippen LogP contribution in [0, 0.1) is 0 Å². The van der Waals surface area contributed by atoms with Gasteiger partial charge in [-0.2, -0.15) is 17.6 Å². The molecule has 148 valence electrons. The van der Waals surface area contributed by atoms with Gasteiger partial charge in [0.1, 0.15) is 0 Å². The van der Waals surface area contributed by atoms with Crippen LogP contribution in [0.1, 0.15) is 11.1 Å². The van der Waals surface area contributed by atoms with Crippen LogP contribution in [0.25, 0.3) is 0 Å². The van der Waals surface area contributed by atoms with Crippen LogP contribution in [0.15, 0.2) is 60.7 Å². The fraction of sp³-hybridized carbons (Fsp3) is 0.333. The van der Waals surface area contributed by atoms with E-state index in [4.69, 9.17) is 13.3 Å². The first-order valence-electron chi connectivity index (χ1n) is 7.94. The lowest BCUT2D eigenvalue weighted by Crippen LogP contribution is -2.66. The normalized spacial score (nSPS) is 14.2. The van der Waals surface area contributed by atoms with Crippen molar-refractivity contribution in [1.29, 1.82) is 0 Å². The van der Waals surface area contributed by atoms with Crippen LogP contribution < -0.4 is 0 Å². The van der Waals surface area contributed by atoms with Crippen molar-refractivity contribution in [3.63, 3.8) is 0 Å². The first-order valence-corrected chi connectivity index (χ1v) is 9.67. The van der Waals surface area contributed by atoms with E-state index < -0.39 is 38.6 Å². The minimum absolute atomic E-state index is 0.409. The largest absolute Gasteiger partial charge is 0.578 e. The topological polar surface area (TPSA) is 27.7 Å². The monoisotopic (exact) mass is 406 g/mol. The van der Waals surface area contributed by atoms with Crippen LogP contribution in [-0.4, -0.2) is 34.7 Å². The molecule has 2 aromatic rings. The van der Waals surface area contributed by atoms with Gasteiger partial charge in [-0.25, -0.2) is 4.39 Å². The number of hydrogen-bond donors (Lipinski definition) is 0. The third-order valence-corrected chi connectivity index (χ3v) is 6.68. The average molecular weight is 406 g/mol. The zero-order valence-corrected chi connectivity index (χ0v) is 15.7. The molecule has 1 unspecified atom stereocenters. The van der Waals surface area contributed by atoms with E-state index in [1.54, 1.807) is 30.3 Å². The van der Waals surface area contributed by atoms with E-state index in [1.807, 2.05) is 0 Å². The van der Waals surface area contributed by atoms with Crippen LogP contribution in [0.3, 0.4) is 0 Å². The molecule has 0 saturated heterocycles. The van der Waals surface area contributed by atoms with Gasteiger partial charge in [-0.1, -0.05) is 60.7 Å². The summed E-state index contributed by atoms with van der Waals surface area (Å²) in [6, 6.07) is 13.7. The number of hydrogen-bond acceptors (Lipinski definition) is 3. The fourth-order valence-electron chi connectivity index (χ4n) is 2.51. The zero-order chi connectivity index (χ0) is 20.1. The van der Waals surface area contributed by atoms with E-state index in [9.17, 15) is 22.0 Å². The van der Waals surface area contributed by atoms with Gasteiger partial charge in [0.15, 0.2) is 0 Å². The van der Waals surface area contributed by atoms with Crippen molar-refractivity contribution >= 4 is 8.80 Å². The highest BCUT2D eigenvalue weighted by atomic mass is 28.4. The highest BCUT2D eigenvalue weighted by molar-refractivity contribution is 6.63. The lowest BCUT2D eigenvalue weighted by Gasteiger charge is -2.37. The summed E-state index contributed by atoms with van der Waals surface area (Å²) in [5.41, 5.74) is -5.11. The molecule has 0 amide bonds. The Morgan fingerprint density at radius 3 is 1.81 bits per heavy atom. The molecule has 0 spiro atoms. The van der Waals surface area contributed by atoms with Gasteiger partial charge in [-0.05, 0) is 5.56 Å². The maximum atomic E-state index is 14.9. The Labute approximate surface area is 155 Å². The van der Waals surface area contributed by atoms with Crippen molar-refractivity contribution in [2.75, 3.05) is 14.2 Å². The molecule has 0 fully saturated rings. The number of benzene rings is 2. The van der Waals surface area contributed by atoms with Crippen LogP contribution >= 0.6 is 0 Å². The molecule has 0 bridgehead atoms. The van der Waals surface area contributed by atoms with Gasteiger partial charge >= 0.3 is 20.3 Å². The van der Waals surface area contributed by atoms with Crippen LogP contribution in [0.4, 0.5) is 22.0 Å². The average Bonchev–Trinajstić information content (AvgIpc) is 2.69. The smallest absolute Gasteiger partial charge is 0.373 e. The molecule has 2 aromatic carbocycles. The molecule has 2 rings (SSSR count). The lowest BCUT2D eigenvalue weighted by molar-refractivity contribution is -0.180. The Hall–Kier alpha value is -1.81. The lowest BCUT2D eigenvalue weighted by atomic mass is 10.0. The van der Waals surface area contributed by atoms with Gasteiger partial charge in [0.2, 0.25) is 6.17 Å². The molecule has 0 N–H and O–H groups in total. The van der Waals surface area contributed by atoms with E-state index in [0.717, 1.165) is 26.4 Å². The number of halogens is 5. The molecule has 0 saturated carbocycles. The van der Waals surface area contributed by atoms with Crippen molar-refractivity contribution < 1.29 is 35.2 Å². The standard InChI is InChI=1S/C18H19F5O3Si/c1-24-27(25-2,26-13-14-9-5-3-6-10-14)18(22,23)16(19)17(20,21)15-11-7-4-8-12-15/h3-12,16H,13H2,1-2H3. The molecule has 0 heterocycles. The third-order valence-electron chi connectivity index (χ3n) is 4.01. The maximum Gasteiger partial charge on any atom is 0.578 e. The Morgan fingerprint density at radius 2 is 1.33 bits per heavy atom. The molecule has 3 nitrogen and oxygen atoms in total. The SMILES string of the molecule is CO[Si](OC)(OCc1ccccc1)C(F)(F)C(F)C(F)(F)c1ccccc1. The molecule has 1 atom stereocenters. The number of rotatable bonds is 9. The zero-order valence-electron chi connectivity index (χ0n) is 14.7. The minimum Gasteiger partial charge on any atom is -0.373 e. The van der Waals surface area contributed by atoms with Crippen molar-refractivity contribution in [3.8, 4) is 0 Å². The summed E-state index contributed by atoms with van der Waals surface area (Å²) in [4.78, 5) is 0. The van der Waals surface area contributed by atoms with Crippen molar-refractivity contribution in [2.45, 2.75) is 24.2 Å². The van der Waals surface area contributed by atoms with E-state index >= 15 is 0 Å². The quantitative estimate of drug-likeness (QED) is 0.445. The summed E-state index contributed by atoms with van der Waals surface area (Å²) in [7, 11) is -3.51. The Balaban J connectivity index is 2.32. The van der Waals surface area contributed by atoms with Crippen LogP contribution in [0.5, 0.6) is 0 Å². The number of alkyl halides is 5. The predicted molar refractivity (Wildman–Crippen MR) is 91.2 cm³/mol. The first-order chi connectivity index (χ1) is 12.7. The molecule has 0 aliphatic heterocycles. The third kappa shape index (κ3) is 4.21. The van der Waals surface area contributed by atoms with Crippen molar-refractivity contribution in [2.24, 2.45) is 0 Å².